The number of benzene rings is 2. The van der Waals surface area contributed by atoms with Crippen LogP contribution in [0.1, 0.15) is 25.2 Å². The van der Waals surface area contributed by atoms with E-state index in [0.29, 0.717) is 11.7 Å². The van der Waals surface area contributed by atoms with E-state index in [1.165, 1.54) is 16.3 Å². The van der Waals surface area contributed by atoms with Gasteiger partial charge in [-0.2, -0.15) is 0 Å². The summed E-state index contributed by atoms with van der Waals surface area (Å²) in [4.78, 5) is 4.51. The first-order valence-corrected chi connectivity index (χ1v) is 9.35. The number of guanidine groups is 1. The lowest BCUT2D eigenvalue weighted by atomic mass is 10.0. The molecular weight excluding hydrogens is 338 g/mol. The van der Waals surface area contributed by atoms with E-state index in [1.54, 1.807) is 25.3 Å². The van der Waals surface area contributed by atoms with Crippen molar-refractivity contribution in [2.24, 2.45) is 4.99 Å². The van der Waals surface area contributed by atoms with Gasteiger partial charge in [-0.15, -0.1) is 0 Å². The Morgan fingerprint density at radius 3 is 2.63 bits per heavy atom. The van der Waals surface area contributed by atoms with E-state index in [0.717, 1.165) is 19.5 Å². The second-order valence-electron chi connectivity index (χ2n) is 6.80. The van der Waals surface area contributed by atoms with Crippen molar-refractivity contribution in [3.05, 3.63) is 72.2 Å². The van der Waals surface area contributed by atoms with Crippen molar-refractivity contribution in [2.45, 2.75) is 25.9 Å². The minimum Gasteiger partial charge on any atom is -0.466 e. The maximum Gasteiger partial charge on any atom is 0.191 e. The van der Waals surface area contributed by atoms with Gasteiger partial charge in [0.15, 0.2) is 5.96 Å². The second kappa shape index (κ2) is 8.73. The lowest BCUT2D eigenvalue weighted by Gasteiger charge is -2.19. The van der Waals surface area contributed by atoms with Crippen LogP contribution in [-0.4, -0.2) is 30.7 Å². The van der Waals surface area contributed by atoms with E-state index >= 15 is 0 Å². The fourth-order valence-electron chi connectivity index (χ4n) is 2.96. The van der Waals surface area contributed by atoms with Crippen LogP contribution in [0.2, 0.25) is 0 Å². The zero-order valence-electron chi connectivity index (χ0n) is 15.9. The minimum absolute atomic E-state index is 0.214. The molecule has 3 N–H and O–H groups in total. The summed E-state index contributed by atoms with van der Waals surface area (Å²) >= 11 is 0. The molecule has 1 heterocycles. The Hall–Kier alpha value is -2.79. The van der Waals surface area contributed by atoms with Crippen molar-refractivity contribution in [2.75, 3.05) is 19.6 Å². The molecule has 0 saturated carbocycles. The van der Waals surface area contributed by atoms with E-state index in [2.05, 4.69) is 58.1 Å². The molecule has 1 atom stereocenters. The van der Waals surface area contributed by atoms with Crippen molar-refractivity contribution in [3.8, 4) is 0 Å². The number of rotatable bonds is 7. The number of nitrogens with zero attached hydrogens (tertiary/aromatic N) is 1. The summed E-state index contributed by atoms with van der Waals surface area (Å²) in [5, 5.41) is 19.6. The van der Waals surface area contributed by atoms with Gasteiger partial charge < -0.3 is 20.2 Å². The molecule has 5 heteroatoms. The molecule has 2 aromatic carbocycles. The Balaban J connectivity index is 1.58. The summed E-state index contributed by atoms with van der Waals surface area (Å²) in [5.74, 6) is 1.20. The molecule has 0 amide bonds. The van der Waals surface area contributed by atoms with Crippen LogP contribution < -0.4 is 10.6 Å². The maximum absolute atomic E-state index is 10.5. The molecule has 5 nitrogen and oxygen atoms in total. The number of aliphatic hydroxyl groups is 1. The molecule has 3 rings (SSSR count). The summed E-state index contributed by atoms with van der Waals surface area (Å²) in [7, 11) is 0. The van der Waals surface area contributed by atoms with Gasteiger partial charge in [0, 0.05) is 13.1 Å². The first-order valence-electron chi connectivity index (χ1n) is 9.35. The maximum atomic E-state index is 10.5. The first kappa shape index (κ1) is 19.0. The molecule has 3 aromatic rings. The molecule has 0 saturated heterocycles. The monoisotopic (exact) mass is 365 g/mol. The highest BCUT2D eigenvalue weighted by Gasteiger charge is 2.26. The molecule has 1 unspecified atom stereocenters. The zero-order chi connectivity index (χ0) is 19.1. The number of hydrogen-bond acceptors (Lipinski definition) is 3. The van der Waals surface area contributed by atoms with Gasteiger partial charge >= 0.3 is 0 Å². The van der Waals surface area contributed by atoms with Crippen LogP contribution in [-0.2, 0) is 12.0 Å². The average molecular weight is 365 g/mol. The SMILES string of the molecule is CCNC(=NCC(C)(O)c1ccco1)NCCc1ccc2ccccc2c1. The Morgan fingerprint density at radius 1 is 1.07 bits per heavy atom. The van der Waals surface area contributed by atoms with Gasteiger partial charge in [0.2, 0.25) is 0 Å². The third kappa shape index (κ3) is 5.11. The standard InChI is InChI=1S/C22H27N3O2/c1-3-23-21(25-16-22(2,26)20-9-6-14-27-20)24-13-12-17-10-11-18-7-4-5-8-19(18)15-17/h4-11,14-15,26H,3,12-13,16H2,1-2H3,(H2,23,24,25). The molecule has 0 fully saturated rings. The van der Waals surface area contributed by atoms with E-state index in [-0.39, 0.29) is 6.54 Å². The normalized spacial score (nSPS) is 14.1. The third-order valence-corrected chi connectivity index (χ3v) is 4.46. The number of nitrogens with one attached hydrogen (secondary N) is 2. The Bertz CT molecular complexity index is 885. The second-order valence-corrected chi connectivity index (χ2v) is 6.80. The quantitative estimate of drug-likeness (QED) is 0.443. The fourth-order valence-corrected chi connectivity index (χ4v) is 2.96. The summed E-state index contributed by atoms with van der Waals surface area (Å²) in [6.45, 7) is 5.45. The summed E-state index contributed by atoms with van der Waals surface area (Å²) in [6, 6.07) is 18.4. The summed E-state index contributed by atoms with van der Waals surface area (Å²) < 4.78 is 5.30. The number of furan rings is 1. The highest BCUT2D eigenvalue weighted by Crippen LogP contribution is 2.21. The van der Waals surface area contributed by atoms with E-state index in [4.69, 9.17) is 4.42 Å². The minimum atomic E-state index is -1.13. The molecule has 0 aliphatic heterocycles. The van der Waals surface area contributed by atoms with E-state index in [1.807, 2.05) is 6.92 Å². The van der Waals surface area contributed by atoms with Gasteiger partial charge in [0.05, 0.1) is 12.8 Å². The van der Waals surface area contributed by atoms with Crippen molar-refractivity contribution < 1.29 is 9.52 Å². The predicted molar refractivity (Wildman–Crippen MR) is 110 cm³/mol. The molecule has 0 aliphatic carbocycles. The van der Waals surface area contributed by atoms with Crippen LogP contribution in [0.5, 0.6) is 0 Å². The smallest absolute Gasteiger partial charge is 0.191 e. The fraction of sp³-hybridized carbons (Fsp3) is 0.318. The number of hydrogen-bond donors (Lipinski definition) is 3. The van der Waals surface area contributed by atoms with Crippen LogP contribution in [0.25, 0.3) is 10.8 Å². The van der Waals surface area contributed by atoms with Crippen molar-refractivity contribution >= 4 is 16.7 Å². The average Bonchev–Trinajstić information content (AvgIpc) is 3.22. The van der Waals surface area contributed by atoms with Gasteiger partial charge in [-0.25, -0.2) is 4.99 Å². The lowest BCUT2D eigenvalue weighted by molar-refractivity contribution is 0.0437. The molecule has 0 spiro atoms. The zero-order valence-corrected chi connectivity index (χ0v) is 15.9. The Kier molecular flexibility index (Phi) is 6.14. The summed E-state index contributed by atoms with van der Waals surface area (Å²) in [5.41, 5.74) is 0.143. The van der Waals surface area contributed by atoms with Crippen LogP contribution >= 0.6 is 0 Å². The van der Waals surface area contributed by atoms with Crippen LogP contribution in [0.3, 0.4) is 0 Å². The van der Waals surface area contributed by atoms with Gasteiger partial charge in [-0.1, -0.05) is 42.5 Å². The summed E-state index contributed by atoms with van der Waals surface area (Å²) in [6.07, 6.45) is 2.45. The predicted octanol–water partition coefficient (Wildman–Crippen LogP) is 3.44. The van der Waals surface area contributed by atoms with E-state index < -0.39 is 5.60 Å². The molecule has 27 heavy (non-hydrogen) atoms. The van der Waals surface area contributed by atoms with Crippen LogP contribution in [0.4, 0.5) is 0 Å². The van der Waals surface area contributed by atoms with Crippen molar-refractivity contribution in [1.82, 2.24) is 10.6 Å². The molecule has 0 radical (unpaired) electrons. The number of aliphatic imine (C=N–C) groups is 1. The van der Waals surface area contributed by atoms with Crippen molar-refractivity contribution in [3.63, 3.8) is 0 Å². The topological polar surface area (TPSA) is 69.8 Å². The molecule has 1 aromatic heterocycles. The Labute approximate surface area is 160 Å². The van der Waals surface area contributed by atoms with Crippen LogP contribution in [0, 0.1) is 0 Å². The Morgan fingerprint density at radius 2 is 1.89 bits per heavy atom. The number of fused-ring (bicyclic) bond motifs is 1. The first-order chi connectivity index (χ1) is 13.1. The molecular formula is C22H27N3O2. The largest absolute Gasteiger partial charge is 0.466 e. The van der Waals surface area contributed by atoms with Gasteiger partial charge in [-0.3, -0.25) is 0 Å². The van der Waals surface area contributed by atoms with Gasteiger partial charge in [-0.05, 0) is 48.7 Å². The molecule has 0 bridgehead atoms. The van der Waals surface area contributed by atoms with Crippen LogP contribution in [0.15, 0.2) is 70.3 Å². The van der Waals surface area contributed by atoms with Gasteiger partial charge in [0.25, 0.3) is 0 Å². The van der Waals surface area contributed by atoms with Crippen molar-refractivity contribution in [1.29, 1.82) is 0 Å². The van der Waals surface area contributed by atoms with Gasteiger partial charge in [0.1, 0.15) is 11.4 Å². The third-order valence-electron chi connectivity index (χ3n) is 4.46. The lowest BCUT2D eigenvalue weighted by Crippen LogP contribution is -2.39. The highest BCUT2D eigenvalue weighted by atomic mass is 16.4. The van der Waals surface area contributed by atoms with E-state index in [9.17, 15) is 5.11 Å². The molecule has 0 aliphatic rings. The highest BCUT2D eigenvalue weighted by molar-refractivity contribution is 5.83. The molecule has 142 valence electrons.